The summed E-state index contributed by atoms with van der Waals surface area (Å²) in [5.41, 5.74) is 30.4. The van der Waals surface area contributed by atoms with Gasteiger partial charge in [0, 0.05) is 43.7 Å². The Balaban J connectivity index is 1.11. The molecule has 4 aliphatic rings. The SMILES string of the molecule is Cc1ccc(N2c3cc(-c4cc(C)ccc4-c4ccccc4)ccc3B3c4sc5c(c4N(c4ccc(C)cc4)c4cc(C)cc2c43)-c2ccc(C(C)(C)C)cc2C52c3ccccc3-c3ccccc32)cc1. The van der Waals surface area contributed by atoms with E-state index in [-0.39, 0.29) is 12.1 Å². The molecule has 1 spiro atoms. The minimum atomic E-state index is -0.487. The summed E-state index contributed by atoms with van der Waals surface area (Å²) in [7, 11) is 0. The predicted octanol–water partition coefficient (Wildman–Crippen LogP) is 16.0. The topological polar surface area (TPSA) is 6.48 Å². The minimum Gasteiger partial charge on any atom is -0.311 e. The number of fused-ring (bicyclic) bond motifs is 15. The Labute approximate surface area is 422 Å². The largest absolute Gasteiger partial charge is 0.311 e. The molecule has 2 nitrogen and oxygen atoms in total. The highest BCUT2D eigenvalue weighted by Gasteiger charge is 2.57. The second-order valence-electron chi connectivity index (χ2n) is 21.6. The van der Waals surface area contributed by atoms with Gasteiger partial charge in [-0.15, -0.1) is 11.3 Å². The van der Waals surface area contributed by atoms with Crippen LogP contribution in [0.1, 0.15) is 70.2 Å². The van der Waals surface area contributed by atoms with Crippen LogP contribution in [0.5, 0.6) is 0 Å². The molecule has 0 unspecified atom stereocenters. The van der Waals surface area contributed by atoms with E-state index < -0.39 is 5.41 Å². The van der Waals surface area contributed by atoms with E-state index in [9.17, 15) is 0 Å². The molecule has 71 heavy (non-hydrogen) atoms. The summed E-state index contributed by atoms with van der Waals surface area (Å²) in [4.78, 5) is 6.66. The predicted molar refractivity (Wildman–Crippen MR) is 303 cm³/mol. The van der Waals surface area contributed by atoms with Crippen LogP contribution >= 0.6 is 11.3 Å². The van der Waals surface area contributed by atoms with E-state index in [1.165, 1.54) is 138 Å². The van der Waals surface area contributed by atoms with E-state index in [2.05, 4.69) is 264 Å². The van der Waals surface area contributed by atoms with Gasteiger partial charge < -0.3 is 9.80 Å². The van der Waals surface area contributed by atoms with Crippen LogP contribution < -0.4 is 25.5 Å². The third kappa shape index (κ3) is 5.95. The summed E-state index contributed by atoms with van der Waals surface area (Å²) in [5, 5.41) is 0. The van der Waals surface area contributed by atoms with Crippen LogP contribution in [0.15, 0.2) is 194 Å². The smallest absolute Gasteiger partial charge is 0.264 e. The van der Waals surface area contributed by atoms with E-state index in [1.807, 2.05) is 0 Å². The number of aryl methyl sites for hydroxylation is 4. The van der Waals surface area contributed by atoms with Gasteiger partial charge in [-0.25, -0.2) is 0 Å². The molecule has 0 fully saturated rings. The molecule has 3 heterocycles. The number of hydrogen-bond donors (Lipinski definition) is 0. The van der Waals surface area contributed by atoms with Crippen molar-refractivity contribution in [2.24, 2.45) is 0 Å². The van der Waals surface area contributed by atoms with Crippen molar-refractivity contribution in [3.63, 3.8) is 0 Å². The average molecular weight is 929 g/mol. The molecule has 4 heteroatoms. The lowest BCUT2D eigenvalue weighted by atomic mass is 9.36. The molecule has 0 bridgehead atoms. The molecule has 0 radical (unpaired) electrons. The molecule has 0 amide bonds. The van der Waals surface area contributed by atoms with Gasteiger partial charge in [-0.3, -0.25) is 0 Å². The molecule has 9 aromatic carbocycles. The first-order chi connectivity index (χ1) is 34.5. The van der Waals surface area contributed by atoms with Crippen molar-refractivity contribution in [3.05, 3.63) is 244 Å². The lowest BCUT2D eigenvalue weighted by molar-refractivity contribution is 0.588. The van der Waals surface area contributed by atoms with Crippen LogP contribution in [0.2, 0.25) is 0 Å². The van der Waals surface area contributed by atoms with Crippen molar-refractivity contribution in [3.8, 4) is 44.5 Å². The highest BCUT2D eigenvalue weighted by molar-refractivity contribution is 7.30. The average Bonchev–Trinajstić information content (AvgIpc) is 4.01. The van der Waals surface area contributed by atoms with Gasteiger partial charge in [0.05, 0.1) is 11.1 Å². The Morgan fingerprint density at radius 1 is 0.437 bits per heavy atom. The number of benzene rings is 9. The van der Waals surface area contributed by atoms with E-state index >= 15 is 0 Å². The standard InChI is InChI=1S/C67H53BN2S/c1-40-21-28-47(29-22-40)69-58-38-45(53-35-42(3)25-32-49(53)44-15-9-8-10-16-44)26-34-57(58)68-62-59(69)36-43(4)37-60(62)70(48-30-23-41(2)24-31-48)63-61-52-33-27-46(66(5,6)7)39-56(52)67(64(61)71-65(63)68)54-19-13-11-17-50(54)51-18-12-14-20-55(51)67/h8-39H,1-7H3. The Bertz CT molecular complexity index is 3810. The normalized spacial score (nSPS) is 14.2. The van der Waals surface area contributed by atoms with Crippen molar-refractivity contribution in [2.75, 3.05) is 9.80 Å². The summed E-state index contributed by atoms with van der Waals surface area (Å²) >= 11 is 2.07. The summed E-state index contributed by atoms with van der Waals surface area (Å²) in [6.45, 7) is 15.9. The zero-order chi connectivity index (χ0) is 48.1. The summed E-state index contributed by atoms with van der Waals surface area (Å²) in [5.74, 6) is 0. The van der Waals surface area contributed by atoms with Gasteiger partial charge in [0.1, 0.15) is 0 Å². The first-order valence-electron chi connectivity index (χ1n) is 25.2. The fourth-order valence-electron chi connectivity index (χ4n) is 12.8. The van der Waals surface area contributed by atoms with Gasteiger partial charge >= 0.3 is 0 Å². The Kier molecular flexibility index (Phi) is 9.03. The van der Waals surface area contributed by atoms with Gasteiger partial charge in [0.25, 0.3) is 6.71 Å². The van der Waals surface area contributed by atoms with Crippen LogP contribution in [-0.4, -0.2) is 6.71 Å². The summed E-state index contributed by atoms with van der Waals surface area (Å²) in [6.07, 6.45) is 0. The minimum absolute atomic E-state index is 0.0222. The monoisotopic (exact) mass is 928 g/mol. The second kappa shape index (κ2) is 15.2. The number of rotatable bonds is 4. The van der Waals surface area contributed by atoms with Crippen molar-refractivity contribution < 1.29 is 0 Å². The molecule has 2 aliphatic carbocycles. The van der Waals surface area contributed by atoms with Gasteiger partial charge in [0.2, 0.25) is 0 Å². The summed E-state index contributed by atoms with van der Waals surface area (Å²) < 4.78 is 1.40. The maximum Gasteiger partial charge on any atom is 0.264 e. The van der Waals surface area contributed by atoms with E-state index in [0.29, 0.717) is 0 Å². The zero-order valence-corrected chi connectivity index (χ0v) is 42.2. The van der Waals surface area contributed by atoms with Crippen molar-refractivity contribution in [1.29, 1.82) is 0 Å². The molecule has 14 rings (SSSR count). The van der Waals surface area contributed by atoms with E-state index in [1.54, 1.807) is 0 Å². The third-order valence-electron chi connectivity index (χ3n) is 16.0. The molecule has 0 atom stereocenters. The fourth-order valence-corrected chi connectivity index (χ4v) is 14.4. The highest BCUT2D eigenvalue weighted by atomic mass is 32.1. The van der Waals surface area contributed by atoms with Crippen molar-refractivity contribution >= 4 is 67.9 Å². The Morgan fingerprint density at radius 3 is 1.69 bits per heavy atom. The number of hydrogen-bond acceptors (Lipinski definition) is 3. The van der Waals surface area contributed by atoms with Crippen molar-refractivity contribution in [2.45, 2.75) is 59.3 Å². The lowest BCUT2D eigenvalue weighted by Crippen LogP contribution is -2.60. The molecular formula is C67H53BN2S. The molecule has 0 N–H and O–H groups in total. The maximum atomic E-state index is 2.66. The van der Waals surface area contributed by atoms with Crippen molar-refractivity contribution in [1.82, 2.24) is 0 Å². The van der Waals surface area contributed by atoms with Crippen LogP contribution in [0.3, 0.4) is 0 Å². The number of anilines is 6. The van der Waals surface area contributed by atoms with Crippen LogP contribution in [0, 0.1) is 27.7 Å². The van der Waals surface area contributed by atoms with Gasteiger partial charge in [-0.05, 0) is 153 Å². The number of thiophene rings is 1. The van der Waals surface area contributed by atoms with Gasteiger partial charge in [0.15, 0.2) is 0 Å². The van der Waals surface area contributed by atoms with Gasteiger partial charge in [-0.2, -0.15) is 0 Å². The molecular weight excluding hydrogens is 876 g/mol. The summed E-state index contributed by atoms with van der Waals surface area (Å²) in [6, 6.07) is 74.6. The molecule has 2 aliphatic heterocycles. The van der Waals surface area contributed by atoms with Crippen LogP contribution in [0.25, 0.3) is 44.5 Å². The molecule has 1 aromatic heterocycles. The fraction of sp³-hybridized carbons (Fsp3) is 0.134. The lowest BCUT2D eigenvalue weighted by Gasteiger charge is -2.44. The Morgan fingerprint density at radius 2 is 1.03 bits per heavy atom. The molecule has 340 valence electrons. The first-order valence-corrected chi connectivity index (χ1v) is 26.0. The van der Waals surface area contributed by atoms with Crippen LogP contribution in [0.4, 0.5) is 34.1 Å². The quantitative estimate of drug-likeness (QED) is 0.162. The van der Waals surface area contributed by atoms with E-state index in [0.717, 1.165) is 5.69 Å². The van der Waals surface area contributed by atoms with Gasteiger partial charge in [-0.1, -0.05) is 189 Å². The molecule has 0 saturated heterocycles. The third-order valence-corrected chi connectivity index (χ3v) is 17.4. The Hall–Kier alpha value is -7.66. The highest BCUT2D eigenvalue weighted by Crippen LogP contribution is 2.67. The second-order valence-corrected chi connectivity index (χ2v) is 22.6. The molecule has 0 saturated carbocycles. The zero-order valence-electron chi connectivity index (χ0n) is 41.4. The van der Waals surface area contributed by atoms with E-state index in [4.69, 9.17) is 0 Å². The first kappa shape index (κ1) is 42.2. The molecule has 10 aromatic rings. The maximum absolute atomic E-state index is 2.66. The number of nitrogens with zero attached hydrogens (tertiary/aromatic N) is 2. The van der Waals surface area contributed by atoms with Crippen LogP contribution in [-0.2, 0) is 10.8 Å².